The summed E-state index contributed by atoms with van der Waals surface area (Å²) in [7, 11) is 1.68. The third kappa shape index (κ3) is 2.29. The molecule has 0 saturated carbocycles. The number of methoxy groups -OCH3 is 1. The van der Waals surface area contributed by atoms with Crippen LogP contribution in [0, 0.1) is 0 Å². The Morgan fingerprint density at radius 2 is 2.32 bits per heavy atom. The summed E-state index contributed by atoms with van der Waals surface area (Å²) in [5, 5.41) is 8.50. The summed E-state index contributed by atoms with van der Waals surface area (Å²) >= 11 is 0. The van der Waals surface area contributed by atoms with Gasteiger partial charge in [0.1, 0.15) is 18.2 Å². The first kappa shape index (κ1) is 12.4. The molecule has 0 amide bonds. The van der Waals surface area contributed by atoms with Crippen LogP contribution in [-0.4, -0.2) is 33.3 Å². The quantitative estimate of drug-likeness (QED) is 0.837. The van der Waals surface area contributed by atoms with Gasteiger partial charge in [-0.05, 0) is 19.1 Å². The molecule has 1 aliphatic rings. The number of rotatable bonds is 4. The molecule has 1 aliphatic heterocycles. The van der Waals surface area contributed by atoms with Gasteiger partial charge in [-0.1, -0.05) is 0 Å². The van der Waals surface area contributed by atoms with Crippen LogP contribution in [0.3, 0.4) is 0 Å². The number of ether oxygens (including phenoxy) is 1. The number of furan rings is 1. The van der Waals surface area contributed by atoms with Crippen LogP contribution < -0.4 is 0 Å². The number of fused-ring (bicyclic) bond motifs is 1. The van der Waals surface area contributed by atoms with Crippen LogP contribution >= 0.6 is 0 Å². The third-order valence-electron chi connectivity index (χ3n) is 3.60. The van der Waals surface area contributed by atoms with Gasteiger partial charge in [0.05, 0.1) is 18.8 Å². The van der Waals surface area contributed by atoms with E-state index in [0.29, 0.717) is 6.61 Å². The maximum absolute atomic E-state index is 5.41. The average Bonchev–Trinajstić information content (AvgIpc) is 3.04. The van der Waals surface area contributed by atoms with Crippen LogP contribution in [-0.2, 0) is 24.4 Å². The van der Waals surface area contributed by atoms with Gasteiger partial charge in [0.15, 0.2) is 5.82 Å². The largest absolute Gasteiger partial charge is 0.468 e. The van der Waals surface area contributed by atoms with E-state index < -0.39 is 0 Å². The number of hydrogen-bond donors (Lipinski definition) is 0. The Morgan fingerprint density at radius 1 is 1.42 bits per heavy atom. The number of nitrogens with zero attached hydrogens (tertiary/aromatic N) is 4. The van der Waals surface area contributed by atoms with Crippen molar-refractivity contribution in [1.82, 2.24) is 19.7 Å². The molecule has 0 unspecified atom stereocenters. The van der Waals surface area contributed by atoms with E-state index >= 15 is 0 Å². The molecule has 6 heteroatoms. The van der Waals surface area contributed by atoms with E-state index in [1.165, 1.54) is 0 Å². The van der Waals surface area contributed by atoms with Crippen molar-refractivity contribution < 1.29 is 9.15 Å². The van der Waals surface area contributed by atoms with Crippen LogP contribution in [0.25, 0.3) is 0 Å². The Bertz CT molecular complexity index is 535. The summed E-state index contributed by atoms with van der Waals surface area (Å²) in [6.07, 6.45) is 1.71. The third-order valence-corrected chi connectivity index (χ3v) is 3.60. The van der Waals surface area contributed by atoms with Crippen LogP contribution in [0.5, 0.6) is 0 Å². The lowest BCUT2D eigenvalue weighted by molar-refractivity contribution is 0.135. The molecule has 1 atom stereocenters. The summed E-state index contributed by atoms with van der Waals surface area (Å²) in [6, 6.07) is 4.16. The first-order chi connectivity index (χ1) is 9.29. The van der Waals surface area contributed by atoms with Crippen molar-refractivity contribution in [1.29, 1.82) is 0 Å². The molecular formula is C13H18N4O2. The molecule has 3 rings (SSSR count). The molecule has 0 bridgehead atoms. The average molecular weight is 262 g/mol. The Hall–Kier alpha value is -1.66. The lowest BCUT2D eigenvalue weighted by Gasteiger charge is -2.32. The molecule has 102 valence electrons. The second-order valence-corrected chi connectivity index (χ2v) is 4.78. The molecular weight excluding hydrogens is 244 g/mol. The van der Waals surface area contributed by atoms with E-state index in [1.807, 2.05) is 12.1 Å². The molecule has 2 aromatic rings. The first-order valence-corrected chi connectivity index (χ1v) is 6.47. The summed E-state index contributed by atoms with van der Waals surface area (Å²) in [5.74, 6) is 2.89. The maximum atomic E-state index is 5.41. The van der Waals surface area contributed by atoms with E-state index in [9.17, 15) is 0 Å². The van der Waals surface area contributed by atoms with Crippen molar-refractivity contribution in [2.24, 2.45) is 0 Å². The lowest BCUT2D eigenvalue weighted by Crippen LogP contribution is -2.37. The first-order valence-electron chi connectivity index (χ1n) is 6.47. The zero-order valence-electron chi connectivity index (χ0n) is 11.2. The van der Waals surface area contributed by atoms with E-state index in [1.54, 1.807) is 13.4 Å². The summed E-state index contributed by atoms with van der Waals surface area (Å²) < 4.78 is 12.7. The molecule has 6 nitrogen and oxygen atoms in total. The minimum absolute atomic E-state index is 0.233. The van der Waals surface area contributed by atoms with Crippen molar-refractivity contribution in [3.05, 3.63) is 35.8 Å². The number of hydrogen-bond acceptors (Lipinski definition) is 5. The van der Waals surface area contributed by atoms with Gasteiger partial charge in [-0.15, -0.1) is 10.2 Å². The van der Waals surface area contributed by atoms with Gasteiger partial charge in [0.25, 0.3) is 0 Å². The standard InChI is InChI=1S/C13H18N4O2/c1-10-13-15-14-12(9-18-2)17(13)6-5-16(10)8-11-4-3-7-19-11/h3-4,7,10H,5-6,8-9H2,1-2H3/t10-/m0/s1. The molecule has 2 aromatic heterocycles. The highest BCUT2D eigenvalue weighted by Crippen LogP contribution is 2.26. The summed E-state index contributed by atoms with van der Waals surface area (Å²) in [4.78, 5) is 2.35. The fourth-order valence-corrected chi connectivity index (χ4v) is 2.54. The van der Waals surface area contributed by atoms with Crippen LogP contribution in [0.2, 0.25) is 0 Å². The zero-order valence-corrected chi connectivity index (χ0v) is 11.2. The van der Waals surface area contributed by atoms with E-state index in [0.717, 1.165) is 37.0 Å². The Balaban J connectivity index is 1.78. The molecule has 0 spiro atoms. The Kier molecular flexibility index (Phi) is 3.35. The summed E-state index contributed by atoms with van der Waals surface area (Å²) in [6.45, 7) is 5.33. The van der Waals surface area contributed by atoms with Gasteiger partial charge in [-0.3, -0.25) is 4.90 Å². The van der Waals surface area contributed by atoms with Crippen molar-refractivity contribution in [2.75, 3.05) is 13.7 Å². The van der Waals surface area contributed by atoms with Crippen LogP contribution in [0.4, 0.5) is 0 Å². The molecule has 0 saturated heterocycles. The molecule has 0 fully saturated rings. The molecule has 0 radical (unpaired) electrons. The fourth-order valence-electron chi connectivity index (χ4n) is 2.54. The normalized spacial score (nSPS) is 19.6. The van der Waals surface area contributed by atoms with Crippen molar-refractivity contribution >= 4 is 0 Å². The second kappa shape index (κ2) is 5.14. The van der Waals surface area contributed by atoms with E-state index in [2.05, 4.69) is 26.6 Å². The Morgan fingerprint density at radius 3 is 3.05 bits per heavy atom. The van der Waals surface area contributed by atoms with E-state index in [4.69, 9.17) is 9.15 Å². The lowest BCUT2D eigenvalue weighted by atomic mass is 10.2. The van der Waals surface area contributed by atoms with Gasteiger partial charge in [0.2, 0.25) is 0 Å². The highest BCUT2D eigenvalue weighted by Gasteiger charge is 2.28. The van der Waals surface area contributed by atoms with Crippen LogP contribution in [0.15, 0.2) is 22.8 Å². The number of aromatic nitrogens is 3. The van der Waals surface area contributed by atoms with Gasteiger partial charge < -0.3 is 13.7 Å². The second-order valence-electron chi connectivity index (χ2n) is 4.78. The van der Waals surface area contributed by atoms with E-state index in [-0.39, 0.29) is 6.04 Å². The van der Waals surface area contributed by atoms with Crippen LogP contribution in [0.1, 0.15) is 30.4 Å². The van der Waals surface area contributed by atoms with Gasteiger partial charge in [0, 0.05) is 20.2 Å². The van der Waals surface area contributed by atoms with Crippen molar-refractivity contribution in [3.63, 3.8) is 0 Å². The molecule has 19 heavy (non-hydrogen) atoms. The summed E-state index contributed by atoms with van der Waals surface area (Å²) in [5.41, 5.74) is 0. The van der Waals surface area contributed by atoms with Crippen molar-refractivity contribution in [3.8, 4) is 0 Å². The van der Waals surface area contributed by atoms with Gasteiger partial charge in [-0.25, -0.2) is 0 Å². The van der Waals surface area contributed by atoms with Gasteiger partial charge in [-0.2, -0.15) is 0 Å². The molecule has 0 aliphatic carbocycles. The highest BCUT2D eigenvalue weighted by atomic mass is 16.5. The molecule has 0 N–H and O–H groups in total. The van der Waals surface area contributed by atoms with Crippen molar-refractivity contribution in [2.45, 2.75) is 32.7 Å². The molecule has 3 heterocycles. The van der Waals surface area contributed by atoms with Gasteiger partial charge >= 0.3 is 0 Å². The smallest absolute Gasteiger partial charge is 0.159 e. The predicted octanol–water partition coefficient (Wildman–Crippen LogP) is 1.59. The highest BCUT2D eigenvalue weighted by molar-refractivity contribution is 5.05. The predicted molar refractivity (Wildman–Crippen MR) is 68.3 cm³/mol. The minimum atomic E-state index is 0.233. The fraction of sp³-hybridized carbons (Fsp3) is 0.538. The Labute approximate surface area is 112 Å². The monoisotopic (exact) mass is 262 g/mol. The zero-order chi connectivity index (χ0) is 13.2. The minimum Gasteiger partial charge on any atom is -0.468 e. The SMILES string of the molecule is COCc1nnc2n1CCN(Cc1ccco1)[C@H]2C. The maximum Gasteiger partial charge on any atom is 0.159 e. The molecule has 0 aromatic carbocycles. The topological polar surface area (TPSA) is 56.3 Å².